The number of amides is 1. The molecule has 0 aliphatic carbocycles. The van der Waals surface area contributed by atoms with Gasteiger partial charge in [-0.2, -0.15) is 0 Å². The average Bonchev–Trinajstić information content (AvgIpc) is 2.27. The lowest BCUT2D eigenvalue weighted by Crippen LogP contribution is -2.36. The first-order valence-electron chi connectivity index (χ1n) is 4.65. The molecule has 0 spiro atoms. The molecule has 0 heterocycles. The van der Waals surface area contributed by atoms with Crippen molar-refractivity contribution in [2.24, 2.45) is 0 Å². The highest BCUT2D eigenvalue weighted by Crippen LogP contribution is 2.11. The third-order valence-electron chi connectivity index (χ3n) is 2.30. The molecular weight excluding hydrogens is 369 g/mol. The largest absolute Gasteiger partial charge is 0.338 e. The summed E-state index contributed by atoms with van der Waals surface area (Å²) in [6.45, 7) is 2.01. The maximum atomic E-state index is 12.0. The van der Waals surface area contributed by atoms with Crippen LogP contribution in [0.15, 0.2) is 24.3 Å². The Morgan fingerprint density at radius 3 is 2.47 bits per heavy atom. The van der Waals surface area contributed by atoms with E-state index in [9.17, 15) is 4.79 Å². The number of carbonyl (C=O) groups excluding carboxylic acids is 1. The van der Waals surface area contributed by atoms with E-state index >= 15 is 0 Å². The van der Waals surface area contributed by atoms with Crippen molar-refractivity contribution >= 4 is 44.4 Å². The molecule has 0 radical (unpaired) electrons. The number of alkyl halides is 1. The molecule has 1 rings (SSSR count). The highest BCUT2D eigenvalue weighted by molar-refractivity contribution is 14.1. The zero-order chi connectivity index (χ0) is 11.4. The Morgan fingerprint density at radius 1 is 1.47 bits per heavy atom. The SMILES string of the molecule is CC(CBr)N(C)C(=O)c1ccc(I)cc1. The molecule has 1 aromatic carbocycles. The molecule has 2 nitrogen and oxygen atoms in total. The van der Waals surface area contributed by atoms with E-state index in [1.165, 1.54) is 0 Å². The summed E-state index contributed by atoms with van der Waals surface area (Å²) >= 11 is 5.60. The summed E-state index contributed by atoms with van der Waals surface area (Å²) in [6, 6.07) is 7.82. The van der Waals surface area contributed by atoms with Crippen molar-refractivity contribution in [2.75, 3.05) is 12.4 Å². The zero-order valence-corrected chi connectivity index (χ0v) is 12.4. The molecule has 0 fully saturated rings. The van der Waals surface area contributed by atoms with E-state index in [0.717, 1.165) is 14.5 Å². The fraction of sp³-hybridized carbons (Fsp3) is 0.364. The van der Waals surface area contributed by atoms with Crippen LogP contribution in [-0.2, 0) is 0 Å². The maximum absolute atomic E-state index is 12.0. The predicted octanol–water partition coefficient (Wildman–Crippen LogP) is 3.15. The van der Waals surface area contributed by atoms with Crippen LogP contribution < -0.4 is 0 Å². The molecule has 0 aromatic heterocycles. The van der Waals surface area contributed by atoms with Crippen LogP contribution in [-0.4, -0.2) is 29.2 Å². The molecule has 1 atom stereocenters. The Hall–Kier alpha value is -0.100. The Morgan fingerprint density at radius 2 is 2.00 bits per heavy atom. The lowest BCUT2D eigenvalue weighted by Gasteiger charge is -2.23. The predicted molar refractivity (Wildman–Crippen MR) is 74.5 cm³/mol. The molecule has 0 N–H and O–H groups in total. The number of halogens is 2. The second kappa shape index (κ2) is 5.84. The highest BCUT2D eigenvalue weighted by atomic mass is 127. The number of carbonyl (C=O) groups is 1. The van der Waals surface area contributed by atoms with Crippen molar-refractivity contribution in [1.82, 2.24) is 4.90 Å². The van der Waals surface area contributed by atoms with E-state index in [2.05, 4.69) is 38.5 Å². The first kappa shape index (κ1) is 13.0. The first-order chi connectivity index (χ1) is 7.06. The maximum Gasteiger partial charge on any atom is 0.253 e. The van der Waals surface area contributed by atoms with E-state index in [0.29, 0.717) is 0 Å². The molecule has 0 saturated heterocycles. The van der Waals surface area contributed by atoms with Gasteiger partial charge in [-0.1, -0.05) is 15.9 Å². The van der Waals surface area contributed by atoms with E-state index in [-0.39, 0.29) is 11.9 Å². The molecule has 1 amide bonds. The minimum atomic E-state index is 0.0679. The van der Waals surface area contributed by atoms with Gasteiger partial charge in [0.2, 0.25) is 0 Å². The molecule has 0 aliphatic rings. The van der Waals surface area contributed by atoms with Gasteiger partial charge in [-0.05, 0) is 53.8 Å². The fourth-order valence-electron chi connectivity index (χ4n) is 1.10. The summed E-state index contributed by atoms with van der Waals surface area (Å²) in [5.41, 5.74) is 0.741. The van der Waals surface area contributed by atoms with Crippen LogP contribution in [0.4, 0.5) is 0 Å². The van der Waals surface area contributed by atoms with E-state index in [4.69, 9.17) is 0 Å². The van der Waals surface area contributed by atoms with Crippen LogP contribution in [0.3, 0.4) is 0 Å². The van der Waals surface area contributed by atoms with E-state index in [1.807, 2.05) is 38.2 Å². The second-order valence-corrected chi connectivity index (χ2v) is 5.32. The molecule has 1 unspecified atom stereocenters. The summed E-state index contributed by atoms with van der Waals surface area (Å²) in [4.78, 5) is 13.7. The molecule has 82 valence electrons. The van der Waals surface area contributed by atoms with Crippen LogP contribution in [0.1, 0.15) is 17.3 Å². The second-order valence-electron chi connectivity index (χ2n) is 3.43. The third-order valence-corrected chi connectivity index (χ3v) is 3.95. The Balaban J connectivity index is 2.80. The summed E-state index contributed by atoms with van der Waals surface area (Å²) in [6.07, 6.45) is 0. The van der Waals surface area contributed by atoms with Gasteiger partial charge in [0.05, 0.1) is 0 Å². The van der Waals surface area contributed by atoms with Gasteiger partial charge in [-0.25, -0.2) is 0 Å². The number of hydrogen-bond donors (Lipinski definition) is 0. The van der Waals surface area contributed by atoms with Gasteiger partial charge in [0.15, 0.2) is 0 Å². The van der Waals surface area contributed by atoms with E-state index < -0.39 is 0 Å². The Bertz CT molecular complexity index is 339. The van der Waals surface area contributed by atoms with Crippen LogP contribution >= 0.6 is 38.5 Å². The van der Waals surface area contributed by atoms with Crippen molar-refractivity contribution in [3.63, 3.8) is 0 Å². The monoisotopic (exact) mass is 381 g/mol. The molecule has 0 bridgehead atoms. The summed E-state index contributed by atoms with van der Waals surface area (Å²) in [7, 11) is 1.83. The van der Waals surface area contributed by atoms with Crippen molar-refractivity contribution < 1.29 is 4.79 Å². The number of hydrogen-bond acceptors (Lipinski definition) is 1. The van der Waals surface area contributed by atoms with Crippen molar-refractivity contribution in [3.05, 3.63) is 33.4 Å². The van der Waals surface area contributed by atoms with Crippen LogP contribution in [0.25, 0.3) is 0 Å². The van der Waals surface area contributed by atoms with Gasteiger partial charge in [0.25, 0.3) is 5.91 Å². The van der Waals surface area contributed by atoms with Crippen molar-refractivity contribution in [1.29, 1.82) is 0 Å². The normalized spacial score (nSPS) is 12.3. The lowest BCUT2D eigenvalue weighted by atomic mass is 10.2. The van der Waals surface area contributed by atoms with Gasteiger partial charge < -0.3 is 4.90 Å². The molecule has 1 aromatic rings. The summed E-state index contributed by atoms with van der Waals surface area (Å²) in [5.74, 6) is 0.0679. The van der Waals surface area contributed by atoms with Gasteiger partial charge >= 0.3 is 0 Å². The molecular formula is C11H13BrINO. The highest BCUT2D eigenvalue weighted by Gasteiger charge is 2.15. The van der Waals surface area contributed by atoms with Crippen molar-refractivity contribution in [3.8, 4) is 0 Å². The van der Waals surface area contributed by atoms with Gasteiger partial charge in [-0.3, -0.25) is 4.79 Å². The molecule has 0 saturated carbocycles. The van der Waals surface area contributed by atoms with Crippen LogP contribution in [0, 0.1) is 3.57 Å². The summed E-state index contributed by atoms with van der Waals surface area (Å²) < 4.78 is 1.14. The number of benzene rings is 1. The summed E-state index contributed by atoms with van der Waals surface area (Å²) in [5, 5.41) is 0.791. The molecule has 15 heavy (non-hydrogen) atoms. The minimum Gasteiger partial charge on any atom is -0.338 e. The molecule has 0 aliphatic heterocycles. The average molecular weight is 382 g/mol. The topological polar surface area (TPSA) is 20.3 Å². The smallest absolute Gasteiger partial charge is 0.253 e. The Kier molecular flexibility index (Phi) is 5.05. The minimum absolute atomic E-state index is 0.0679. The van der Waals surface area contributed by atoms with Gasteiger partial charge in [0.1, 0.15) is 0 Å². The standard InChI is InChI=1S/C11H13BrINO/c1-8(7-12)14(2)11(15)9-3-5-10(13)6-4-9/h3-6,8H,7H2,1-2H3. The Labute approximate surface area is 112 Å². The van der Waals surface area contributed by atoms with Crippen molar-refractivity contribution in [2.45, 2.75) is 13.0 Å². The number of rotatable bonds is 3. The quantitative estimate of drug-likeness (QED) is 0.581. The third kappa shape index (κ3) is 3.45. The molecule has 4 heteroatoms. The first-order valence-corrected chi connectivity index (χ1v) is 6.85. The number of nitrogens with zero attached hydrogens (tertiary/aromatic N) is 1. The van der Waals surface area contributed by atoms with Gasteiger partial charge in [-0.15, -0.1) is 0 Å². The van der Waals surface area contributed by atoms with E-state index in [1.54, 1.807) is 4.90 Å². The van der Waals surface area contributed by atoms with Crippen LogP contribution in [0.2, 0.25) is 0 Å². The fourth-order valence-corrected chi connectivity index (χ4v) is 1.89. The zero-order valence-electron chi connectivity index (χ0n) is 8.71. The van der Waals surface area contributed by atoms with Crippen LogP contribution in [0.5, 0.6) is 0 Å². The lowest BCUT2D eigenvalue weighted by molar-refractivity contribution is 0.0758. The van der Waals surface area contributed by atoms with Gasteiger partial charge in [0, 0.05) is 27.6 Å².